The van der Waals surface area contributed by atoms with Crippen LogP contribution in [0.15, 0.2) is 34.9 Å². The van der Waals surface area contributed by atoms with E-state index in [1.54, 1.807) is 6.26 Å². The Hall–Kier alpha value is -1.32. The first-order valence-corrected chi connectivity index (χ1v) is 8.11. The minimum absolute atomic E-state index is 0.201. The first kappa shape index (κ1) is 14.6. The summed E-state index contributed by atoms with van der Waals surface area (Å²) in [6, 6.07) is 7.90. The van der Waals surface area contributed by atoms with Gasteiger partial charge in [0, 0.05) is 22.9 Å². The lowest BCUT2D eigenvalue weighted by Gasteiger charge is -2.38. The van der Waals surface area contributed by atoms with Gasteiger partial charge in [0.05, 0.1) is 12.4 Å². The van der Waals surface area contributed by atoms with Crippen LogP contribution < -0.4 is 5.73 Å². The fourth-order valence-corrected chi connectivity index (χ4v) is 3.74. The van der Waals surface area contributed by atoms with E-state index in [4.69, 9.17) is 10.2 Å². The average molecular weight is 287 g/mol. The van der Waals surface area contributed by atoms with E-state index in [1.165, 1.54) is 19.3 Å². The van der Waals surface area contributed by atoms with Crippen molar-refractivity contribution < 1.29 is 9.52 Å². The molecule has 1 aliphatic carbocycles. The van der Waals surface area contributed by atoms with Gasteiger partial charge in [-0.3, -0.25) is 0 Å². The van der Waals surface area contributed by atoms with Crippen molar-refractivity contribution in [1.82, 2.24) is 0 Å². The zero-order valence-corrected chi connectivity index (χ0v) is 12.6. The SMILES string of the molecule is NCC1(C(O)c2coc3ccccc23)CCCCCCC1. The Kier molecular flexibility index (Phi) is 4.32. The van der Waals surface area contributed by atoms with Gasteiger partial charge in [-0.2, -0.15) is 0 Å². The summed E-state index contributed by atoms with van der Waals surface area (Å²) in [5.74, 6) is 0. The van der Waals surface area contributed by atoms with E-state index >= 15 is 0 Å². The highest BCUT2D eigenvalue weighted by atomic mass is 16.3. The molecular formula is C18H25NO2. The molecule has 1 aromatic carbocycles. The van der Waals surface area contributed by atoms with E-state index in [0.717, 1.165) is 42.2 Å². The second-order valence-corrected chi connectivity index (χ2v) is 6.42. The maximum atomic E-state index is 11.1. The summed E-state index contributed by atoms with van der Waals surface area (Å²) >= 11 is 0. The van der Waals surface area contributed by atoms with Crippen LogP contribution in [0.25, 0.3) is 11.0 Å². The zero-order valence-electron chi connectivity index (χ0n) is 12.6. The molecule has 1 aromatic heterocycles. The fraction of sp³-hybridized carbons (Fsp3) is 0.556. The van der Waals surface area contributed by atoms with Crippen LogP contribution in [0.1, 0.15) is 56.6 Å². The van der Waals surface area contributed by atoms with Gasteiger partial charge in [0.15, 0.2) is 0 Å². The van der Waals surface area contributed by atoms with Crippen molar-refractivity contribution in [3.8, 4) is 0 Å². The summed E-state index contributed by atoms with van der Waals surface area (Å²) < 4.78 is 5.61. The number of hydrogen-bond acceptors (Lipinski definition) is 3. The number of aliphatic hydroxyl groups is 1. The molecule has 0 amide bonds. The lowest BCUT2D eigenvalue weighted by atomic mass is 9.70. The van der Waals surface area contributed by atoms with E-state index in [0.29, 0.717) is 6.54 Å². The first-order chi connectivity index (χ1) is 10.3. The molecule has 0 aliphatic heterocycles. The van der Waals surface area contributed by atoms with E-state index in [-0.39, 0.29) is 5.41 Å². The van der Waals surface area contributed by atoms with Crippen molar-refractivity contribution in [3.05, 3.63) is 36.1 Å². The highest BCUT2D eigenvalue weighted by Gasteiger charge is 2.38. The highest BCUT2D eigenvalue weighted by molar-refractivity contribution is 5.81. The Morgan fingerprint density at radius 1 is 1.10 bits per heavy atom. The molecular weight excluding hydrogens is 262 g/mol. The molecule has 3 heteroatoms. The summed E-state index contributed by atoms with van der Waals surface area (Å²) in [5.41, 5.74) is 7.66. The van der Waals surface area contributed by atoms with Crippen molar-refractivity contribution in [2.75, 3.05) is 6.54 Å². The minimum atomic E-state index is -0.538. The van der Waals surface area contributed by atoms with Crippen molar-refractivity contribution >= 4 is 11.0 Å². The highest BCUT2D eigenvalue weighted by Crippen LogP contribution is 2.45. The van der Waals surface area contributed by atoms with Gasteiger partial charge in [-0.1, -0.05) is 50.3 Å². The lowest BCUT2D eigenvalue weighted by molar-refractivity contribution is 0.00897. The van der Waals surface area contributed by atoms with Gasteiger partial charge < -0.3 is 15.3 Å². The van der Waals surface area contributed by atoms with Crippen LogP contribution in [0.3, 0.4) is 0 Å². The molecule has 0 saturated heterocycles. The fourth-order valence-electron chi connectivity index (χ4n) is 3.74. The van der Waals surface area contributed by atoms with Crippen LogP contribution in [0.2, 0.25) is 0 Å². The maximum Gasteiger partial charge on any atom is 0.134 e. The van der Waals surface area contributed by atoms with Crippen molar-refractivity contribution in [1.29, 1.82) is 0 Å². The quantitative estimate of drug-likeness (QED) is 0.891. The van der Waals surface area contributed by atoms with Gasteiger partial charge in [-0.05, 0) is 18.9 Å². The number of hydrogen-bond donors (Lipinski definition) is 2. The Morgan fingerprint density at radius 2 is 1.76 bits per heavy atom. The first-order valence-electron chi connectivity index (χ1n) is 8.11. The number of benzene rings is 1. The van der Waals surface area contributed by atoms with Crippen LogP contribution >= 0.6 is 0 Å². The van der Waals surface area contributed by atoms with E-state index in [9.17, 15) is 5.11 Å². The Morgan fingerprint density at radius 3 is 2.48 bits per heavy atom. The third-order valence-electron chi connectivity index (χ3n) is 5.14. The van der Waals surface area contributed by atoms with Gasteiger partial charge in [0.1, 0.15) is 5.58 Å². The molecule has 1 heterocycles. The molecule has 3 N–H and O–H groups in total. The second kappa shape index (κ2) is 6.20. The van der Waals surface area contributed by atoms with Crippen molar-refractivity contribution in [2.45, 2.75) is 51.0 Å². The Bertz CT molecular complexity index is 582. The minimum Gasteiger partial charge on any atom is -0.464 e. The summed E-state index contributed by atoms with van der Waals surface area (Å²) in [5, 5.41) is 12.1. The number of aliphatic hydroxyl groups excluding tert-OH is 1. The molecule has 1 atom stereocenters. The van der Waals surface area contributed by atoms with Gasteiger partial charge >= 0.3 is 0 Å². The third-order valence-corrected chi connectivity index (χ3v) is 5.14. The number of rotatable bonds is 3. The van der Waals surface area contributed by atoms with Crippen LogP contribution in [0, 0.1) is 5.41 Å². The van der Waals surface area contributed by atoms with Crippen LogP contribution in [-0.4, -0.2) is 11.7 Å². The molecule has 2 aromatic rings. The number of nitrogens with two attached hydrogens (primary N) is 1. The molecule has 114 valence electrons. The molecule has 0 bridgehead atoms. The van der Waals surface area contributed by atoms with E-state index in [2.05, 4.69) is 0 Å². The van der Waals surface area contributed by atoms with Gasteiger partial charge in [-0.15, -0.1) is 0 Å². The summed E-state index contributed by atoms with van der Waals surface area (Å²) in [4.78, 5) is 0. The smallest absolute Gasteiger partial charge is 0.134 e. The summed E-state index contributed by atoms with van der Waals surface area (Å²) in [6.45, 7) is 0.535. The molecule has 21 heavy (non-hydrogen) atoms. The lowest BCUT2D eigenvalue weighted by Crippen LogP contribution is -2.37. The van der Waals surface area contributed by atoms with Crippen molar-refractivity contribution in [2.24, 2.45) is 11.1 Å². The Balaban J connectivity index is 1.95. The van der Waals surface area contributed by atoms with E-state index in [1.807, 2.05) is 24.3 Å². The Labute approximate surface area is 126 Å². The molecule has 1 aliphatic rings. The van der Waals surface area contributed by atoms with Gasteiger partial charge in [-0.25, -0.2) is 0 Å². The molecule has 1 unspecified atom stereocenters. The molecule has 1 saturated carbocycles. The maximum absolute atomic E-state index is 11.1. The second-order valence-electron chi connectivity index (χ2n) is 6.42. The van der Waals surface area contributed by atoms with Crippen molar-refractivity contribution in [3.63, 3.8) is 0 Å². The summed E-state index contributed by atoms with van der Waals surface area (Å²) in [7, 11) is 0. The van der Waals surface area contributed by atoms with Crippen LogP contribution in [-0.2, 0) is 0 Å². The molecule has 0 radical (unpaired) electrons. The van der Waals surface area contributed by atoms with Gasteiger partial charge in [0.25, 0.3) is 0 Å². The van der Waals surface area contributed by atoms with Crippen LogP contribution in [0.4, 0.5) is 0 Å². The van der Waals surface area contributed by atoms with Crippen LogP contribution in [0.5, 0.6) is 0 Å². The number of furan rings is 1. The predicted octanol–water partition coefficient (Wildman–Crippen LogP) is 4.16. The number of fused-ring (bicyclic) bond motifs is 1. The average Bonchev–Trinajstić information content (AvgIpc) is 2.91. The molecule has 1 fully saturated rings. The molecule has 0 spiro atoms. The van der Waals surface area contributed by atoms with Gasteiger partial charge in [0.2, 0.25) is 0 Å². The predicted molar refractivity (Wildman–Crippen MR) is 85.0 cm³/mol. The molecule has 3 nitrogen and oxygen atoms in total. The topological polar surface area (TPSA) is 59.4 Å². The normalized spacial score (nSPS) is 20.9. The zero-order chi connectivity index (χ0) is 14.7. The third kappa shape index (κ3) is 2.72. The summed E-state index contributed by atoms with van der Waals surface area (Å²) in [6.07, 6.45) is 9.31. The number of para-hydroxylation sites is 1. The monoisotopic (exact) mass is 287 g/mol. The largest absolute Gasteiger partial charge is 0.464 e. The van der Waals surface area contributed by atoms with E-state index < -0.39 is 6.10 Å². The molecule has 3 rings (SSSR count). The standard InChI is InChI=1S/C18H25NO2/c19-13-18(10-6-2-1-3-7-11-18)17(20)15-12-21-16-9-5-4-8-14(15)16/h4-5,8-9,12,17,20H,1-3,6-7,10-11,13,19H2.